The highest BCUT2D eigenvalue weighted by atomic mass is 19.4. The zero-order chi connectivity index (χ0) is 14.8. The van der Waals surface area contributed by atoms with Crippen LogP contribution < -0.4 is 10.1 Å². The summed E-state index contributed by atoms with van der Waals surface area (Å²) in [7, 11) is 0. The van der Waals surface area contributed by atoms with E-state index in [4.69, 9.17) is 4.74 Å². The van der Waals surface area contributed by atoms with Gasteiger partial charge in [-0.25, -0.2) is 0 Å². The second kappa shape index (κ2) is 5.66. The topological polar surface area (TPSA) is 64.4 Å². The Bertz CT molecular complexity index is 499. The molecule has 1 aliphatic heterocycles. The molecule has 0 spiro atoms. The highest BCUT2D eigenvalue weighted by Gasteiger charge is 2.36. The van der Waals surface area contributed by atoms with Crippen molar-refractivity contribution in [3.05, 3.63) is 33.9 Å². The molecule has 1 aliphatic rings. The van der Waals surface area contributed by atoms with Crippen LogP contribution in [0, 0.1) is 16.0 Å². The van der Waals surface area contributed by atoms with Gasteiger partial charge in [-0.2, -0.15) is 13.2 Å². The molecule has 1 unspecified atom stereocenters. The number of ether oxygens (including phenoxy) is 1. The van der Waals surface area contributed by atoms with Crippen LogP contribution in [0.5, 0.6) is 5.75 Å². The fraction of sp³-hybridized carbons (Fsp3) is 0.500. The molecule has 0 radical (unpaired) electrons. The van der Waals surface area contributed by atoms with E-state index in [1.807, 2.05) is 0 Å². The highest BCUT2D eigenvalue weighted by Crippen LogP contribution is 2.38. The summed E-state index contributed by atoms with van der Waals surface area (Å²) in [6.07, 6.45) is -3.84. The van der Waals surface area contributed by atoms with E-state index in [1.165, 1.54) is 0 Å². The van der Waals surface area contributed by atoms with Gasteiger partial charge < -0.3 is 10.1 Å². The van der Waals surface area contributed by atoms with Crippen molar-refractivity contribution in [1.82, 2.24) is 5.32 Å². The van der Waals surface area contributed by atoms with Gasteiger partial charge in [0.1, 0.15) is 11.3 Å². The number of nitro benzene ring substituents is 1. The Kier molecular flexibility index (Phi) is 4.12. The second-order valence-electron chi connectivity index (χ2n) is 4.61. The molecule has 20 heavy (non-hydrogen) atoms. The van der Waals surface area contributed by atoms with Crippen LogP contribution in [0.15, 0.2) is 18.2 Å². The molecule has 1 heterocycles. The molecule has 0 amide bonds. The van der Waals surface area contributed by atoms with Gasteiger partial charge in [0.25, 0.3) is 5.69 Å². The van der Waals surface area contributed by atoms with Gasteiger partial charge in [0.05, 0.1) is 11.5 Å². The van der Waals surface area contributed by atoms with Crippen LogP contribution in [0.1, 0.15) is 12.0 Å². The minimum atomic E-state index is -4.69. The lowest BCUT2D eigenvalue weighted by Gasteiger charge is -2.15. The fourth-order valence-corrected chi connectivity index (χ4v) is 2.04. The highest BCUT2D eigenvalue weighted by molar-refractivity contribution is 5.45. The van der Waals surface area contributed by atoms with Crippen molar-refractivity contribution in [1.29, 1.82) is 0 Å². The second-order valence-corrected chi connectivity index (χ2v) is 4.61. The molecule has 0 aliphatic carbocycles. The van der Waals surface area contributed by atoms with Gasteiger partial charge in [-0.15, -0.1) is 0 Å². The monoisotopic (exact) mass is 290 g/mol. The number of hydrogen-bond acceptors (Lipinski definition) is 4. The van der Waals surface area contributed by atoms with E-state index < -0.39 is 22.4 Å². The van der Waals surface area contributed by atoms with Crippen molar-refractivity contribution in [2.75, 3.05) is 19.7 Å². The zero-order valence-electron chi connectivity index (χ0n) is 10.4. The number of alkyl halides is 3. The van der Waals surface area contributed by atoms with Crippen molar-refractivity contribution in [2.24, 2.45) is 5.92 Å². The van der Waals surface area contributed by atoms with E-state index in [2.05, 4.69) is 5.32 Å². The molecule has 5 nitrogen and oxygen atoms in total. The lowest BCUT2D eigenvalue weighted by molar-refractivity contribution is -0.385. The number of nitrogens with zero attached hydrogens (tertiary/aromatic N) is 1. The molecule has 2 rings (SSSR count). The fourth-order valence-electron chi connectivity index (χ4n) is 2.04. The summed E-state index contributed by atoms with van der Waals surface area (Å²) < 4.78 is 43.8. The Balaban J connectivity index is 2.19. The van der Waals surface area contributed by atoms with Gasteiger partial charge in [-0.05, 0) is 19.0 Å². The van der Waals surface area contributed by atoms with Crippen molar-refractivity contribution in [3.63, 3.8) is 0 Å². The molecule has 8 heteroatoms. The van der Waals surface area contributed by atoms with E-state index in [-0.39, 0.29) is 18.3 Å². The first kappa shape index (κ1) is 14.6. The van der Waals surface area contributed by atoms with Gasteiger partial charge in [-0.1, -0.05) is 0 Å². The summed E-state index contributed by atoms with van der Waals surface area (Å²) in [6.45, 7) is 1.68. The predicted molar refractivity (Wildman–Crippen MR) is 64.6 cm³/mol. The smallest absolute Gasteiger partial charge is 0.420 e. The number of rotatable bonds is 4. The van der Waals surface area contributed by atoms with Crippen LogP contribution in [0.25, 0.3) is 0 Å². The van der Waals surface area contributed by atoms with E-state index in [9.17, 15) is 23.3 Å². The molecule has 0 saturated carbocycles. The summed E-state index contributed by atoms with van der Waals surface area (Å²) in [6, 6.07) is 2.52. The van der Waals surface area contributed by atoms with Crippen molar-refractivity contribution in [2.45, 2.75) is 12.6 Å². The third-order valence-corrected chi connectivity index (χ3v) is 3.12. The van der Waals surface area contributed by atoms with Gasteiger partial charge in [0, 0.05) is 24.6 Å². The largest absolute Gasteiger partial charge is 0.493 e. The summed E-state index contributed by atoms with van der Waals surface area (Å²) in [5.74, 6) is -0.207. The molecular weight excluding hydrogens is 277 g/mol. The predicted octanol–water partition coefficient (Wildman–Crippen LogP) is 2.60. The maximum atomic E-state index is 12.9. The number of nitro groups is 1. The SMILES string of the molecule is O=[N+]([O-])c1ccc(OCC2CCNC2)c(C(F)(F)F)c1. The van der Waals surface area contributed by atoms with Gasteiger partial charge in [0.15, 0.2) is 0 Å². The van der Waals surface area contributed by atoms with E-state index >= 15 is 0 Å². The Morgan fingerprint density at radius 1 is 1.45 bits per heavy atom. The summed E-state index contributed by atoms with van der Waals surface area (Å²) in [4.78, 5) is 9.69. The van der Waals surface area contributed by atoms with Crippen LogP contribution in [0.3, 0.4) is 0 Å². The number of halogens is 3. The number of hydrogen-bond donors (Lipinski definition) is 1. The first-order chi connectivity index (χ1) is 9.38. The Morgan fingerprint density at radius 2 is 2.20 bits per heavy atom. The quantitative estimate of drug-likeness (QED) is 0.684. The lowest BCUT2D eigenvalue weighted by atomic mass is 10.1. The minimum Gasteiger partial charge on any atom is -0.493 e. The molecule has 0 aromatic heterocycles. The van der Waals surface area contributed by atoms with Crippen LogP contribution in [0.4, 0.5) is 18.9 Å². The van der Waals surface area contributed by atoms with Crippen LogP contribution in [0.2, 0.25) is 0 Å². The number of benzene rings is 1. The maximum Gasteiger partial charge on any atom is 0.420 e. The normalized spacial score (nSPS) is 19.1. The number of non-ortho nitro benzene ring substituents is 1. The van der Waals surface area contributed by atoms with Gasteiger partial charge in [0.2, 0.25) is 0 Å². The number of nitrogens with one attached hydrogen (secondary N) is 1. The third kappa shape index (κ3) is 3.38. The summed E-state index contributed by atoms with van der Waals surface area (Å²) in [5.41, 5.74) is -1.72. The Hall–Kier alpha value is -1.83. The average Bonchev–Trinajstić information content (AvgIpc) is 2.88. The van der Waals surface area contributed by atoms with Crippen molar-refractivity contribution >= 4 is 5.69 Å². The molecule has 110 valence electrons. The van der Waals surface area contributed by atoms with E-state index in [0.717, 1.165) is 25.1 Å². The van der Waals surface area contributed by atoms with Gasteiger partial charge in [-0.3, -0.25) is 10.1 Å². The molecular formula is C12H13F3N2O3. The molecule has 0 bridgehead atoms. The van der Waals surface area contributed by atoms with Crippen LogP contribution in [-0.4, -0.2) is 24.6 Å². The summed E-state index contributed by atoms with van der Waals surface area (Å²) in [5, 5.41) is 13.6. The van der Waals surface area contributed by atoms with E-state index in [0.29, 0.717) is 12.6 Å². The van der Waals surface area contributed by atoms with Crippen molar-refractivity contribution < 1.29 is 22.8 Å². The first-order valence-corrected chi connectivity index (χ1v) is 6.07. The van der Waals surface area contributed by atoms with Crippen LogP contribution in [-0.2, 0) is 6.18 Å². The maximum absolute atomic E-state index is 12.9. The van der Waals surface area contributed by atoms with Gasteiger partial charge >= 0.3 is 6.18 Å². The van der Waals surface area contributed by atoms with Crippen molar-refractivity contribution in [3.8, 4) is 5.75 Å². The molecule has 1 saturated heterocycles. The minimum absolute atomic E-state index is 0.159. The van der Waals surface area contributed by atoms with Crippen LogP contribution >= 0.6 is 0 Å². The zero-order valence-corrected chi connectivity index (χ0v) is 10.4. The van der Waals surface area contributed by atoms with E-state index in [1.54, 1.807) is 0 Å². The summed E-state index contributed by atoms with van der Waals surface area (Å²) >= 11 is 0. The Morgan fingerprint density at radius 3 is 2.75 bits per heavy atom. The standard InChI is InChI=1S/C12H13F3N2O3/c13-12(14,15)10-5-9(17(18)19)1-2-11(10)20-7-8-3-4-16-6-8/h1-2,5,8,16H,3-4,6-7H2. The molecule has 1 atom stereocenters. The first-order valence-electron chi connectivity index (χ1n) is 6.07. The third-order valence-electron chi connectivity index (χ3n) is 3.12. The average molecular weight is 290 g/mol. The molecule has 1 aromatic rings. The lowest BCUT2D eigenvalue weighted by Crippen LogP contribution is -2.17. The Labute approximate surface area is 112 Å². The molecule has 1 aromatic carbocycles. The molecule has 1 fully saturated rings. The molecule has 1 N–H and O–H groups in total.